The molecule has 0 spiro atoms. The Morgan fingerprint density at radius 2 is 1.96 bits per heavy atom. The molecule has 4 aromatic rings. The fraction of sp³-hybridized carbons (Fsp3) is 0.211. The maximum atomic E-state index is 9.18. The Balaban J connectivity index is 1.65. The molecule has 0 bridgehead atoms. The minimum absolute atomic E-state index is 0.100. The molecule has 0 saturated carbocycles. The van der Waals surface area contributed by atoms with Gasteiger partial charge in [0.25, 0.3) is 0 Å². The molecule has 27 heavy (non-hydrogen) atoms. The summed E-state index contributed by atoms with van der Waals surface area (Å²) in [6, 6.07) is 7.66. The summed E-state index contributed by atoms with van der Waals surface area (Å²) in [4.78, 5) is 13.2. The van der Waals surface area contributed by atoms with Crippen molar-refractivity contribution in [2.24, 2.45) is 0 Å². The highest BCUT2D eigenvalue weighted by atomic mass is 16.3. The summed E-state index contributed by atoms with van der Waals surface area (Å²) in [6.07, 6.45) is 6.92. The van der Waals surface area contributed by atoms with Crippen LogP contribution in [0.5, 0.6) is 0 Å². The first-order chi connectivity index (χ1) is 13.1. The van der Waals surface area contributed by atoms with Crippen LogP contribution in [0.25, 0.3) is 16.7 Å². The molecule has 4 aromatic heterocycles. The second-order valence-corrected chi connectivity index (χ2v) is 6.51. The van der Waals surface area contributed by atoms with E-state index in [4.69, 9.17) is 0 Å². The van der Waals surface area contributed by atoms with Crippen molar-refractivity contribution in [1.82, 2.24) is 29.7 Å². The third-order valence-electron chi connectivity index (χ3n) is 4.22. The number of aromatic nitrogens is 6. The van der Waals surface area contributed by atoms with Gasteiger partial charge in [-0.3, -0.25) is 4.98 Å². The topological polar surface area (TPSA) is 102 Å². The molecule has 4 heterocycles. The molecule has 8 nitrogen and oxygen atoms in total. The summed E-state index contributed by atoms with van der Waals surface area (Å²) in [7, 11) is 0. The molecule has 0 aromatic carbocycles. The number of imidazole rings is 1. The summed E-state index contributed by atoms with van der Waals surface area (Å²) >= 11 is 0. The van der Waals surface area contributed by atoms with Gasteiger partial charge in [0.05, 0.1) is 47.7 Å². The first-order valence-corrected chi connectivity index (χ1v) is 8.63. The summed E-state index contributed by atoms with van der Waals surface area (Å²) in [5.41, 5.74) is 4.05. The molecular formula is C19H19N7O. The second-order valence-electron chi connectivity index (χ2n) is 6.51. The predicted octanol–water partition coefficient (Wildman–Crippen LogP) is 2.96. The molecule has 2 N–H and O–H groups in total. The maximum absolute atomic E-state index is 9.18. The van der Waals surface area contributed by atoms with Gasteiger partial charge in [0.15, 0.2) is 5.82 Å². The third kappa shape index (κ3) is 3.61. The van der Waals surface area contributed by atoms with E-state index in [0.29, 0.717) is 23.2 Å². The Labute approximate surface area is 156 Å². The summed E-state index contributed by atoms with van der Waals surface area (Å²) in [5, 5.41) is 20.5. The highest BCUT2D eigenvalue weighted by Crippen LogP contribution is 2.21. The predicted molar refractivity (Wildman–Crippen MR) is 102 cm³/mol. The number of hydrogen-bond donors (Lipinski definition) is 2. The van der Waals surface area contributed by atoms with Gasteiger partial charge in [0, 0.05) is 6.20 Å². The fourth-order valence-corrected chi connectivity index (χ4v) is 2.68. The largest absolute Gasteiger partial charge is 0.390 e. The zero-order valence-electron chi connectivity index (χ0n) is 15.0. The number of anilines is 2. The molecular weight excluding hydrogens is 342 g/mol. The van der Waals surface area contributed by atoms with Gasteiger partial charge in [-0.15, -0.1) is 5.10 Å². The summed E-state index contributed by atoms with van der Waals surface area (Å²) < 4.78 is 1.80. The van der Waals surface area contributed by atoms with Gasteiger partial charge in [-0.2, -0.15) is 5.10 Å². The number of aliphatic hydroxyl groups excluding tert-OH is 1. The highest BCUT2D eigenvalue weighted by Gasteiger charge is 2.07. The third-order valence-corrected chi connectivity index (χ3v) is 4.22. The molecule has 8 heteroatoms. The molecule has 136 valence electrons. The molecule has 0 amide bonds. The van der Waals surface area contributed by atoms with Crippen LogP contribution in [0.1, 0.15) is 31.0 Å². The lowest BCUT2D eigenvalue weighted by atomic mass is 10.1. The van der Waals surface area contributed by atoms with E-state index in [9.17, 15) is 5.11 Å². The van der Waals surface area contributed by atoms with Gasteiger partial charge >= 0.3 is 0 Å². The van der Waals surface area contributed by atoms with E-state index < -0.39 is 0 Å². The van der Waals surface area contributed by atoms with Crippen LogP contribution in [0, 0.1) is 0 Å². The van der Waals surface area contributed by atoms with E-state index in [2.05, 4.69) is 44.3 Å². The molecule has 0 unspecified atom stereocenters. The van der Waals surface area contributed by atoms with Crippen molar-refractivity contribution in [2.45, 2.75) is 26.4 Å². The quantitative estimate of drug-likeness (QED) is 0.563. The van der Waals surface area contributed by atoms with E-state index in [1.807, 2.05) is 24.3 Å². The number of fused-ring (bicyclic) bond motifs is 1. The lowest BCUT2D eigenvalue weighted by Gasteiger charge is -2.09. The maximum Gasteiger partial charge on any atom is 0.154 e. The van der Waals surface area contributed by atoms with Crippen molar-refractivity contribution < 1.29 is 5.11 Å². The molecule has 4 rings (SSSR count). The van der Waals surface area contributed by atoms with Crippen molar-refractivity contribution in [3.8, 4) is 5.69 Å². The Hall–Kier alpha value is -3.39. The van der Waals surface area contributed by atoms with Crippen LogP contribution >= 0.6 is 0 Å². The van der Waals surface area contributed by atoms with Crippen molar-refractivity contribution in [3.05, 3.63) is 60.4 Å². The molecule has 0 atom stereocenters. The zero-order valence-corrected chi connectivity index (χ0v) is 15.0. The van der Waals surface area contributed by atoms with Crippen LogP contribution < -0.4 is 5.32 Å². The molecule has 0 aliphatic carbocycles. The Morgan fingerprint density at radius 1 is 1.07 bits per heavy atom. The molecule has 0 aliphatic heterocycles. The lowest BCUT2D eigenvalue weighted by molar-refractivity contribution is 0.277. The number of hydrogen-bond acceptors (Lipinski definition) is 7. The highest BCUT2D eigenvalue weighted by molar-refractivity contribution is 5.78. The van der Waals surface area contributed by atoms with Gasteiger partial charge in [0.2, 0.25) is 0 Å². The Bertz CT molecular complexity index is 1090. The number of aliphatic hydroxyl groups is 1. The Morgan fingerprint density at radius 3 is 2.74 bits per heavy atom. The van der Waals surface area contributed by atoms with Crippen molar-refractivity contribution >= 4 is 22.7 Å². The standard InChI is InChI=1S/C19H19N7O/c1-12(2)13-5-19(25-22-7-13)24-18-4-3-16-17(23-18)6-15(8-20-16)26-9-14(10-27)21-11-26/h3-9,11-12,27H,10H2,1-2H3,(H,23,24,25). The number of nitrogens with zero attached hydrogens (tertiary/aromatic N) is 6. The first kappa shape index (κ1) is 17.0. The monoisotopic (exact) mass is 361 g/mol. The lowest BCUT2D eigenvalue weighted by Crippen LogP contribution is -2.00. The van der Waals surface area contributed by atoms with E-state index in [0.717, 1.165) is 22.3 Å². The van der Waals surface area contributed by atoms with Gasteiger partial charge in [-0.05, 0) is 35.7 Å². The second kappa shape index (κ2) is 7.08. The minimum atomic E-state index is -0.100. The van der Waals surface area contributed by atoms with E-state index >= 15 is 0 Å². The van der Waals surface area contributed by atoms with Gasteiger partial charge < -0.3 is 15.0 Å². The smallest absolute Gasteiger partial charge is 0.154 e. The van der Waals surface area contributed by atoms with Crippen LogP contribution in [0.15, 0.2) is 49.2 Å². The molecule has 0 fully saturated rings. The molecule has 0 saturated heterocycles. The van der Waals surface area contributed by atoms with Crippen molar-refractivity contribution in [3.63, 3.8) is 0 Å². The SMILES string of the molecule is CC(C)c1cnnc(Nc2ccc3ncc(-n4cnc(CO)c4)cc3n2)c1. The molecule has 0 aliphatic rings. The average molecular weight is 361 g/mol. The zero-order chi connectivity index (χ0) is 18.8. The van der Waals surface area contributed by atoms with Crippen molar-refractivity contribution in [1.29, 1.82) is 0 Å². The normalized spacial score (nSPS) is 11.3. The van der Waals surface area contributed by atoms with Crippen LogP contribution in [-0.2, 0) is 6.61 Å². The minimum Gasteiger partial charge on any atom is -0.390 e. The van der Waals surface area contributed by atoms with Gasteiger partial charge in [0.1, 0.15) is 5.82 Å². The number of pyridine rings is 2. The average Bonchev–Trinajstić information content (AvgIpc) is 3.17. The number of nitrogens with one attached hydrogen (secondary N) is 1. The van der Waals surface area contributed by atoms with Crippen LogP contribution in [0.3, 0.4) is 0 Å². The van der Waals surface area contributed by atoms with E-state index in [-0.39, 0.29) is 6.61 Å². The van der Waals surface area contributed by atoms with E-state index in [1.165, 1.54) is 0 Å². The van der Waals surface area contributed by atoms with Crippen LogP contribution in [-0.4, -0.2) is 34.8 Å². The Kier molecular flexibility index (Phi) is 4.47. The van der Waals surface area contributed by atoms with Gasteiger partial charge in [-0.1, -0.05) is 13.8 Å². The molecule has 0 radical (unpaired) electrons. The fourth-order valence-electron chi connectivity index (χ4n) is 2.68. The van der Waals surface area contributed by atoms with Crippen LogP contribution in [0.2, 0.25) is 0 Å². The summed E-state index contributed by atoms with van der Waals surface area (Å²) in [5.74, 6) is 1.69. The number of rotatable bonds is 5. The van der Waals surface area contributed by atoms with E-state index in [1.54, 1.807) is 29.5 Å². The summed E-state index contributed by atoms with van der Waals surface area (Å²) in [6.45, 7) is 4.12. The van der Waals surface area contributed by atoms with Gasteiger partial charge in [-0.25, -0.2) is 9.97 Å². The van der Waals surface area contributed by atoms with Crippen molar-refractivity contribution in [2.75, 3.05) is 5.32 Å². The first-order valence-electron chi connectivity index (χ1n) is 8.63. The van der Waals surface area contributed by atoms with Crippen LogP contribution in [0.4, 0.5) is 11.6 Å².